The summed E-state index contributed by atoms with van der Waals surface area (Å²) in [6.07, 6.45) is 2.93. The van der Waals surface area contributed by atoms with Crippen molar-refractivity contribution in [3.63, 3.8) is 0 Å². The first kappa shape index (κ1) is 20.6. The highest BCUT2D eigenvalue weighted by atomic mass is 16.5. The molecule has 148 valence electrons. The van der Waals surface area contributed by atoms with Gasteiger partial charge in [0.15, 0.2) is 23.0 Å². The molecule has 0 aliphatic carbocycles. The number of carbonyl (C=O) groups is 2. The van der Waals surface area contributed by atoms with E-state index in [-0.39, 0.29) is 23.4 Å². The first-order chi connectivity index (χ1) is 13.4. The van der Waals surface area contributed by atoms with Crippen molar-refractivity contribution in [1.82, 2.24) is 0 Å². The number of phenols is 3. The van der Waals surface area contributed by atoms with Gasteiger partial charge in [0.25, 0.3) is 6.47 Å². The molecule has 1 atom stereocenters. The summed E-state index contributed by atoms with van der Waals surface area (Å²) in [7, 11) is 2.60. The van der Waals surface area contributed by atoms with Gasteiger partial charge in [0, 0.05) is 18.1 Å². The van der Waals surface area contributed by atoms with E-state index in [1.807, 2.05) is 6.07 Å². The molecule has 0 radical (unpaired) electrons. The van der Waals surface area contributed by atoms with E-state index in [0.717, 1.165) is 5.56 Å². The zero-order chi connectivity index (χ0) is 20.7. The lowest BCUT2D eigenvalue weighted by atomic mass is 10.0. The molecular formula is C20H20O8. The lowest BCUT2D eigenvalue weighted by Crippen LogP contribution is -2.02. The predicted octanol–water partition coefficient (Wildman–Crippen LogP) is 2.46. The molecule has 1 unspecified atom stereocenters. The normalized spacial score (nSPS) is 14.4. The fourth-order valence-electron chi connectivity index (χ4n) is 2.62. The number of benzene rings is 2. The van der Waals surface area contributed by atoms with Gasteiger partial charge >= 0.3 is 5.97 Å². The van der Waals surface area contributed by atoms with E-state index in [2.05, 4.69) is 9.47 Å². The van der Waals surface area contributed by atoms with Crippen LogP contribution in [0.2, 0.25) is 0 Å². The number of hydrogen-bond donors (Lipinski definition) is 3. The Kier molecular flexibility index (Phi) is 6.86. The molecule has 1 aliphatic heterocycles. The van der Waals surface area contributed by atoms with Crippen molar-refractivity contribution in [3.8, 4) is 23.0 Å². The Hall–Kier alpha value is -3.68. The van der Waals surface area contributed by atoms with Gasteiger partial charge in [-0.05, 0) is 41.5 Å². The van der Waals surface area contributed by atoms with Crippen LogP contribution in [0.3, 0.4) is 0 Å². The van der Waals surface area contributed by atoms with Crippen LogP contribution in [0.1, 0.15) is 22.8 Å². The van der Waals surface area contributed by atoms with Crippen molar-refractivity contribution in [2.75, 3.05) is 14.2 Å². The number of methoxy groups -OCH3 is 2. The predicted molar refractivity (Wildman–Crippen MR) is 99.1 cm³/mol. The third-order valence-electron chi connectivity index (χ3n) is 3.91. The average molecular weight is 388 g/mol. The molecule has 0 saturated carbocycles. The Balaban J connectivity index is 0.000000640. The molecule has 3 rings (SSSR count). The van der Waals surface area contributed by atoms with Gasteiger partial charge in [-0.3, -0.25) is 4.79 Å². The summed E-state index contributed by atoms with van der Waals surface area (Å²) in [6.45, 7) is 0.375. The zero-order valence-electron chi connectivity index (χ0n) is 15.3. The van der Waals surface area contributed by atoms with Gasteiger partial charge in [-0.25, -0.2) is 4.79 Å². The maximum Gasteiger partial charge on any atom is 0.330 e. The SMILES string of the molecule is COC(=O)/C=C/c1cc(O)c2c(c1)CC(c1ccc(O)c(O)c1)O2.COC=O. The summed E-state index contributed by atoms with van der Waals surface area (Å²) in [5.74, 6) is -0.556. The van der Waals surface area contributed by atoms with Crippen LogP contribution in [0.4, 0.5) is 0 Å². The minimum Gasteiger partial charge on any atom is -0.504 e. The molecule has 0 bridgehead atoms. The minimum atomic E-state index is -0.483. The van der Waals surface area contributed by atoms with Gasteiger partial charge in [-0.2, -0.15) is 0 Å². The number of carbonyl (C=O) groups excluding carboxylic acids is 2. The third-order valence-corrected chi connectivity index (χ3v) is 3.91. The number of rotatable bonds is 4. The molecular weight excluding hydrogens is 368 g/mol. The minimum absolute atomic E-state index is 0.0254. The van der Waals surface area contributed by atoms with Crippen molar-refractivity contribution in [1.29, 1.82) is 0 Å². The van der Waals surface area contributed by atoms with Crippen molar-refractivity contribution in [3.05, 3.63) is 53.1 Å². The van der Waals surface area contributed by atoms with E-state index in [1.54, 1.807) is 12.1 Å². The molecule has 1 aliphatic rings. The number of ether oxygens (including phenoxy) is 3. The molecule has 0 amide bonds. The summed E-state index contributed by atoms with van der Waals surface area (Å²) in [6, 6.07) is 7.78. The van der Waals surface area contributed by atoms with Crippen LogP contribution in [-0.4, -0.2) is 42.0 Å². The standard InChI is InChI=1S/C18H16O6.C2H4O2/c1-23-17(22)5-2-10-6-12-9-16(24-18(12)15(21)7-10)11-3-4-13(19)14(20)8-11;1-4-2-3/h2-8,16,19-21H,9H2,1H3;2H,1H3/b5-2+;. The third kappa shape index (κ3) is 4.94. The van der Waals surface area contributed by atoms with Gasteiger partial charge in [-0.15, -0.1) is 0 Å². The molecule has 28 heavy (non-hydrogen) atoms. The van der Waals surface area contributed by atoms with Crippen LogP contribution in [-0.2, 0) is 25.5 Å². The molecule has 0 saturated heterocycles. The van der Waals surface area contributed by atoms with Crippen LogP contribution in [0, 0.1) is 0 Å². The van der Waals surface area contributed by atoms with E-state index in [9.17, 15) is 20.1 Å². The second-order valence-corrected chi connectivity index (χ2v) is 5.78. The summed E-state index contributed by atoms with van der Waals surface area (Å²) in [5.41, 5.74) is 2.12. The Morgan fingerprint density at radius 1 is 1.11 bits per heavy atom. The second kappa shape index (κ2) is 9.31. The van der Waals surface area contributed by atoms with Crippen molar-refractivity contribution >= 4 is 18.5 Å². The van der Waals surface area contributed by atoms with Gasteiger partial charge < -0.3 is 29.5 Å². The maximum absolute atomic E-state index is 11.2. The lowest BCUT2D eigenvalue weighted by Gasteiger charge is -2.12. The molecule has 1 heterocycles. The number of esters is 1. The molecule has 3 N–H and O–H groups in total. The molecule has 0 fully saturated rings. The number of phenolic OH excluding ortho intramolecular Hbond substituents is 3. The van der Waals surface area contributed by atoms with Crippen LogP contribution < -0.4 is 4.74 Å². The van der Waals surface area contributed by atoms with Crippen LogP contribution >= 0.6 is 0 Å². The molecule has 2 aromatic carbocycles. The maximum atomic E-state index is 11.2. The highest BCUT2D eigenvalue weighted by Crippen LogP contribution is 2.44. The second-order valence-electron chi connectivity index (χ2n) is 5.78. The highest BCUT2D eigenvalue weighted by Gasteiger charge is 2.28. The number of fused-ring (bicyclic) bond motifs is 1. The fraction of sp³-hybridized carbons (Fsp3) is 0.200. The highest BCUT2D eigenvalue weighted by molar-refractivity contribution is 5.87. The van der Waals surface area contributed by atoms with Gasteiger partial charge in [0.05, 0.1) is 14.2 Å². The summed E-state index contributed by atoms with van der Waals surface area (Å²) in [5, 5.41) is 29.1. The van der Waals surface area contributed by atoms with Gasteiger partial charge in [0.1, 0.15) is 6.10 Å². The smallest absolute Gasteiger partial charge is 0.330 e. The van der Waals surface area contributed by atoms with E-state index in [1.165, 1.54) is 38.5 Å². The van der Waals surface area contributed by atoms with Gasteiger partial charge in [0.2, 0.25) is 0 Å². The molecule has 0 spiro atoms. The van der Waals surface area contributed by atoms with Crippen LogP contribution in [0.25, 0.3) is 6.08 Å². The number of hydrogen-bond acceptors (Lipinski definition) is 8. The quantitative estimate of drug-likeness (QED) is 0.316. The Bertz CT molecular complexity index is 888. The summed E-state index contributed by atoms with van der Waals surface area (Å²) < 4.78 is 14.2. The molecule has 2 aromatic rings. The lowest BCUT2D eigenvalue weighted by molar-refractivity contribution is -0.134. The summed E-state index contributed by atoms with van der Waals surface area (Å²) in [4.78, 5) is 20.1. The first-order valence-electron chi connectivity index (χ1n) is 8.16. The Labute approximate surface area is 161 Å². The van der Waals surface area contributed by atoms with Crippen molar-refractivity contribution < 1.29 is 39.1 Å². The average Bonchev–Trinajstić information content (AvgIpc) is 3.13. The van der Waals surface area contributed by atoms with E-state index < -0.39 is 5.97 Å². The number of aromatic hydroxyl groups is 3. The molecule has 8 heteroatoms. The van der Waals surface area contributed by atoms with E-state index in [0.29, 0.717) is 29.8 Å². The zero-order valence-corrected chi connectivity index (χ0v) is 15.3. The summed E-state index contributed by atoms with van der Waals surface area (Å²) >= 11 is 0. The van der Waals surface area contributed by atoms with Crippen molar-refractivity contribution in [2.45, 2.75) is 12.5 Å². The van der Waals surface area contributed by atoms with E-state index in [4.69, 9.17) is 9.53 Å². The monoisotopic (exact) mass is 388 g/mol. The Morgan fingerprint density at radius 3 is 2.43 bits per heavy atom. The van der Waals surface area contributed by atoms with Crippen LogP contribution in [0.5, 0.6) is 23.0 Å². The molecule has 8 nitrogen and oxygen atoms in total. The topological polar surface area (TPSA) is 123 Å². The first-order valence-corrected chi connectivity index (χ1v) is 8.16. The van der Waals surface area contributed by atoms with Gasteiger partial charge in [-0.1, -0.05) is 6.07 Å². The van der Waals surface area contributed by atoms with Crippen molar-refractivity contribution in [2.24, 2.45) is 0 Å². The fourth-order valence-corrected chi connectivity index (χ4v) is 2.62. The Morgan fingerprint density at radius 2 is 1.82 bits per heavy atom. The largest absolute Gasteiger partial charge is 0.504 e. The van der Waals surface area contributed by atoms with Crippen LogP contribution in [0.15, 0.2) is 36.4 Å². The van der Waals surface area contributed by atoms with E-state index >= 15 is 0 Å². The molecule has 0 aromatic heterocycles.